The van der Waals surface area contributed by atoms with E-state index >= 15 is 0 Å². The lowest BCUT2D eigenvalue weighted by atomic mass is 10.1. The van der Waals surface area contributed by atoms with Gasteiger partial charge in [0.05, 0.1) is 23.5 Å². The molecule has 3 heterocycles. The lowest BCUT2D eigenvalue weighted by Gasteiger charge is -2.17. The molecule has 1 aliphatic heterocycles. The summed E-state index contributed by atoms with van der Waals surface area (Å²) in [5, 5.41) is 8.64. The van der Waals surface area contributed by atoms with Gasteiger partial charge in [-0.25, -0.2) is 4.98 Å². The van der Waals surface area contributed by atoms with Crippen molar-refractivity contribution in [3.05, 3.63) is 47.2 Å². The number of carbonyl (C=O) groups is 2. The van der Waals surface area contributed by atoms with Gasteiger partial charge in [0, 0.05) is 36.1 Å². The quantitative estimate of drug-likeness (QED) is 0.754. The number of anilines is 2. The molecule has 1 aromatic carbocycles. The molecule has 0 aliphatic carbocycles. The van der Waals surface area contributed by atoms with Crippen LogP contribution >= 0.6 is 11.6 Å². The molecular formula is C19H18ClN5O2. The molecule has 4 rings (SSSR count). The second-order valence-electron chi connectivity index (χ2n) is 6.68. The maximum atomic E-state index is 12.7. The zero-order chi connectivity index (χ0) is 19.1. The molecule has 0 spiro atoms. The summed E-state index contributed by atoms with van der Waals surface area (Å²) >= 11 is 6.01. The number of rotatable bonds is 3. The van der Waals surface area contributed by atoms with Gasteiger partial charge in [-0.1, -0.05) is 17.7 Å². The SMILES string of the molecule is Cc1nn(C)c2ncc(NC(=O)C3CC(=O)N(c4cccc(Cl)c4)C3)cc12. The Morgan fingerprint density at radius 3 is 2.93 bits per heavy atom. The number of pyridine rings is 1. The molecule has 7 nitrogen and oxygen atoms in total. The van der Waals surface area contributed by atoms with Gasteiger partial charge in [-0.3, -0.25) is 14.3 Å². The van der Waals surface area contributed by atoms with Crippen molar-refractivity contribution in [3.8, 4) is 0 Å². The molecule has 0 saturated carbocycles. The number of amides is 2. The number of aryl methyl sites for hydroxylation is 2. The van der Waals surface area contributed by atoms with Crippen molar-refractivity contribution in [1.29, 1.82) is 0 Å². The van der Waals surface area contributed by atoms with E-state index in [1.165, 1.54) is 0 Å². The van der Waals surface area contributed by atoms with E-state index in [1.54, 1.807) is 34.0 Å². The summed E-state index contributed by atoms with van der Waals surface area (Å²) in [6.07, 6.45) is 1.77. The maximum Gasteiger partial charge on any atom is 0.229 e. The van der Waals surface area contributed by atoms with Crippen molar-refractivity contribution in [3.63, 3.8) is 0 Å². The molecular weight excluding hydrogens is 366 g/mol. The fourth-order valence-electron chi connectivity index (χ4n) is 3.40. The number of hydrogen-bond acceptors (Lipinski definition) is 4. The predicted molar refractivity (Wildman–Crippen MR) is 104 cm³/mol. The van der Waals surface area contributed by atoms with Gasteiger partial charge in [0.25, 0.3) is 0 Å². The summed E-state index contributed by atoms with van der Waals surface area (Å²) in [6.45, 7) is 2.22. The second kappa shape index (κ2) is 6.66. The fourth-order valence-corrected chi connectivity index (χ4v) is 3.58. The van der Waals surface area contributed by atoms with E-state index in [9.17, 15) is 9.59 Å². The molecule has 1 atom stereocenters. The topological polar surface area (TPSA) is 80.1 Å². The second-order valence-corrected chi connectivity index (χ2v) is 7.12. The lowest BCUT2D eigenvalue weighted by Crippen LogP contribution is -2.28. The normalized spacial score (nSPS) is 16.9. The van der Waals surface area contributed by atoms with Gasteiger partial charge in [0.15, 0.2) is 5.65 Å². The van der Waals surface area contributed by atoms with Crippen LogP contribution in [-0.4, -0.2) is 33.1 Å². The minimum atomic E-state index is -0.429. The summed E-state index contributed by atoms with van der Waals surface area (Å²) in [4.78, 5) is 31.0. The van der Waals surface area contributed by atoms with E-state index in [-0.39, 0.29) is 18.2 Å². The van der Waals surface area contributed by atoms with Gasteiger partial charge in [-0.15, -0.1) is 0 Å². The van der Waals surface area contributed by atoms with Gasteiger partial charge >= 0.3 is 0 Å². The van der Waals surface area contributed by atoms with Gasteiger partial charge in [0.2, 0.25) is 11.8 Å². The molecule has 1 aliphatic rings. The number of nitrogens with zero attached hydrogens (tertiary/aromatic N) is 4. The van der Waals surface area contributed by atoms with Gasteiger partial charge in [-0.2, -0.15) is 5.10 Å². The molecule has 1 saturated heterocycles. The first-order valence-corrected chi connectivity index (χ1v) is 8.96. The molecule has 1 fully saturated rings. The molecule has 2 amide bonds. The Hall–Kier alpha value is -2.93. The van der Waals surface area contributed by atoms with Gasteiger partial charge in [-0.05, 0) is 31.2 Å². The zero-order valence-corrected chi connectivity index (χ0v) is 15.7. The Morgan fingerprint density at radius 1 is 1.33 bits per heavy atom. The standard InChI is InChI=1S/C19H18ClN5O2/c1-11-16-8-14(9-21-18(16)24(2)23-11)22-19(27)12-6-17(26)25(10-12)15-5-3-4-13(20)7-15/h3-5,7-9,12H,6,10H2,1-2H3,(H,22,27). The van der Waals surface area contributed by atoms with Crippen LogP contribution in [0.4, 0.5) is 11.4 Å². The molecule has 8 heteroatoms. The number of aromatic nitrogens is 3. The molecule has 1 unspecified atom stereocenters. The van der Waals surface area contributed by atoms with E-state index in [0.29, 0.717) is 22.9 Å². The van der Waals surface area contributed by atoms with Crippen molar-refractivity contribution < 1.29 is 9.59 Å². The van der Waals surface area contributed by atoms with Crippen molar-refractivity contribution in [1.82, 2.24) is 14.8 Å². The summed E-state index contributed by atoms with van der Waals surface area (Å²) in [7, 11) is 1.83. The smallest absolute Gasteiger partial charge is 0.229 e. The summed E-state index contributed by atoms with van der Waals surface area (Å²) in [6, 6.07) is 8.93. The van der Waals surface area contributed by atoms with Crippen LogP contribution in [0, 0.1) is 12.8 Å². The Balaban J connectivity index is 1.50. The number of benzene rings is 1. The first kappa shape index (κ1) is 17.5. The van der Waals surface area contributed by atoms with Crippen LogP contribution in [0.2, 0.25) is 5.02 Å². The maximum absolute atomic E-state index is 12.7. The van der Waals surface area contributed by atoms with Crippen LogP contribution in [0.1, 0.15) is 12.1 Å². The Bertz CT molecular complexity index is 1060. The van der Waals surface area contributed by atoms with Crippen LogP contribution in [0.5, 0.6) is 0 Å². The lowest BCUT2D eigenvalue weighted by molar-refractivity contribution is -0.122. The number of nitrogens with one attached hydrogen (secondary N) is 1. The molecule has 2 aromatic heterocycles. The largest absolute Gasteiger partial charge is 0.324 e. The molecule has 3 aromatic rings. The Kier molecular flexibility index (Phi) is 4.31. The van der Waals surface area contributed by atoms with Crippen LogP contribution < -0.4 is 10.2 Å². The third kappa shape index (κ3) is 3.26. The molecule has 138 valence electrons. The van der Waals surface area contributed by atoms with Crippen molar-refractivity contribution >= 4 is 45.8 Å². The highest BCUT2D eigenvalue weighted by atomic mass is 35.5. The summed E-state index contributed by atoms with van der Waals surface area (Å²) < 4.78 is 1.70. The van der Waals surface area contributed by atoms with Crippen LogP contribution in [-0.2, 0) is 16.6 Å². The first-order chi connectivity index (χ1) is 12.9. The molecule has 27 heavy (non-hydrogen) atoms. The van der Waals surface area contributed by atoms with Gasteiger partial charge < -0.3 is 10.2 Å². The third-order valence-electron chi connectivity index (χ3n) is 4.75. The Morgan fingerprint density at radius 2 is 2.15 bits per heavy atom. The predicted octanol–water partition coefficient (Wildman–Crippen LogP) is 2.92. The third-order valence-corrected chi connectivity index (χ3v) is 4.98. The minimum absolute atomic E-state index is 0.0888. The van der Waals surface area contributed by atoms with Crippen LogP contribution in [0.15, 0.2) is 36.5 Å². The van der Waals surface area contributed by atoms with Crippen LogP contribution in [0.3, 0.4) is 0 Å². The summed E-state index contributed by atoms with van der Waals surface area (Å²) in [5.74, 6) is -0.716. The molecule has 0 bridgehead atoms. The van der Waals surface area contributed by atoms with E-state index < -0.39 is 5.92 Å². The van der Waals surface area contributed by atoms with Gasteiger partial charge in [0.1, 0.15) is 0 Å². The van der Waals surface area contributed by atoms with E-state index in [1.807, 2.05) is 26.1 Å². The molecule has 0 radical (unpaired) electrons. The minimum Gasteiger partial charge on any atom is -0.324 e. The summed E-state index contributed by atoms with van der Waals surface area (Å²) in [5.41, 5.74) is 2.90. The number of hydrogen-bond donors (Lipinski definition) is 1. The fraction of sp³-hybridized carbons (Fsp3) is 0.263. The molecule has 1 N–H and O–H groups in total. The highest BCUT2D eigenvalue weighted by Crippen LogP contribution is 2.28. The number of carbonyl (C=O) groups excluding carboxylic acids is 2. The Labute approximate surface area is 160 Å². The highest BCUT2D eigenvalue weighted by Gasteiger charge is 2.35. The monoisotopic (exact) mass is 383 g/mol. The van der Waals surface area contributed by atoms with Crippen molar-refractivity contribution in [2.75, 3.05) is 16.8 Å². The van der Waals surface area contributed by atoms with Crippen molar-refractivity contribution in [2.45, 2.75) is 13.3 Å². The number of fused-ring (bicyclic) bond motifs is 1. The van der Waals surface area contributed by atoms with E-state index in [4.69, 9.17) is 11.6 Å². The van der Waals surface area contributed by atoms with E-state index in [0.717, 1.165) is 16.7 Å². The number of halogens is 1. The highest BCUT2D eigenvalue weighted by molar-refractivity contribution is 6.31. The first-order valence-electron chi connectivity index (χ1n) is 8.58. The van der Waals surface area contributed by atoms with Crippen molar-refractivity contribution in [2.24, 2.45) is 13.0 Å². The van der Waals surface area contributed by atoms with Crippen LogP contribution in [0.25, 0.3) is 11.0 Å². The van der Waals surface area contributed by atoms with E-state index in [2.05, 4.69) is 15.4 Å². The average molecular weight is 384 g/mol. The average Bonchev–Trinajstić information content (AvgIpc) is 3.15. The zero-order valence-electron chi connectivity index (χ0n) is 14.9.